The smallest absolute Gasteiger partial charge is 0.333 e. The number of hydrogen-bond acceptors (Lipinski definition) is 8. The Bertz CT molecular complexity index is 2300. The quantitative estimate of drug-likeness (QED) is 0.0267. The average Bonchev–Trinajstić information content (AvgIpc) is 1.60. The molecule has 550 valence electrons. The van der Waals surface area contributed by atoms with E-state index in [0.717, 1.165) is 149 Å². The van der Waals surface area contributed by atoms with E-state index >= 15 is 0 Å². The molecule has 1 aliphatic heterocycles. The number of hydrogen-bond donors (Lipinski definition) is 0. The van der Waals surface area contributed by atoms with Crippen LogP contribution in [0.15, 0.2) is 24.8 Å². The second-order valence-corrected chi connectivity index (χ2v) is 35.7. The third-order valence-corrected chi connectivity index (χ3v) is 28.4. The second-order valence-electron chi connectivity index (χ2n) is 35.7. The maximum Gasteiger partial charge on any atom is 0.333 e. The Kier molecular flexibility index (Phi) is 33.7. The number of ether oxygens (including phenoxy) is 4. The normalized spacial score (nSPS) is 34.6. The molecule has 7 saturated carbocycles. The van der Waals surface area contributed by atoms with Gasteiger partial charge in [0.1, 0.15) is 5.60 Å². The molecule has 18 atom stereocenters. The second kappa shape index (κ2) is 40.9. The summed E-state index contributed by atoms with van der Waals surface area (Å²) in [7, 11) is 0. The van der Waals surface area contributed by atoms with E-state index in [-0.39, 0.29) is 29.3 Å². The van der Waals surface area contributed by atoms with Gasteiger partial charge in [0.15, 0.2) is 0 Å². The predicted octanol–water partition coefficient (Wildman–Crippen LogP) is 24.6. The van der Waals surface area contributed by atoms with E-state index in [1.165, 1.54) is 237 Å². The number of carbonyl (C=O) groups is 4. The highest BCUT2D eigenvalue weighted by molar-refractivity contribution is 5.86. The molecule has 8 aliphatic rings. The van der Waals surface area contributed by atoms with Crippen LogP contribution in [0.1, 0.15) is 376 Å². The summed E-state index contributed by atoms with van der Waals surface area (Å²) >= 11 is 0. The monoisotopic (exact) mass is 1340 g/mol. The topological polar surface area (TPSA) is 105 Å². The Balaban J connectivity index is 0.829. The molecular formula is C88H150O8. The summed E-state index contributed by atoms with van der Waals surface area (Å²) in [5.74, 6) is 11.0. The number of cyclic esters (lactones) is 1. The van der Waals surface area contributed by atoms with Gasteiger partial charge in [0.25, 0.3) is 0 Å². The Morgan fingerprint density at radius 1 is 0.490 bits per heavy atom. The lowest BCUT2D eigenvalue weighted by Crippen LogP contribution is -2.37. The molecule has 0 aromatic rings. The molecule has 1 saturated heterocycles. The van der Waals surface area contributed by atoms with Crippen molar-refractivity contribution in [3.8, 4) is 0 Å². The van der Waals surface area contributed by atoms with E-state index in [0.29, 0.717) is 72.7 Å². The SMILES string of the molecule is C=CC(=O)OCC1CC2C3CC(CC3CC3(C)CCCCCCC(C)(CCC)CCCC4C(CCCCCCCC)CCC(CCCCCCCCC(CCCC)(CCCC)C(=O)OCC5CC6CC5C5CC(COC(=O)C(=C)C)CC65)C4CCCCCCCCC(=O)O3)[C@H]2C1. The molecule has 17 unspecified atom stereocenters. The zero-order chi connectivity index (χ0) is 68.3. The van der Waals surface area contributed by atoms with Gasteiger partial charge in [0.05, 0.1) is 25.2 Å². The molecule has 1 heterocycles. The highest BCUT2D eigenvalue weighted by Gasteiger charge is 2.58. The zero-order valence-corrected chi connectivity index (χ0v) is 63.7. The minimum absolute atomic E-state index is 0.0467. The number of fused-ring (bicyclic) bond motifs is 11. The van der Waals surface area contributed by atoms with Gasteiger partial charge in [-0.2, -0.15) is 0 Å². The lowest BCUT2D eigenvalue weighted by molar-refractivity contribution is -0.162. The van der Waals surface area contributed by atoms with Crippen molar-refractivity contribution in [1.82, 2.24) is 0 Å². The number of rotatable bonds is 35. The first-order valence-electron chi connectivity index (χ1n) is 42.5. The lowest BCUT2D eigenvalue weighted by atomic mass is 9.61. The van der Waals surface area contributed by atoms with Gasteiger partial charge >= 0.3 is 23.9 Å². The lowest BCUT2D eigenvalue weighted by Gasteiger charge is -2.45. The zero-order valence-electron chi connectivity index (χ0n) is 63.7. The van der Waals surface area contributed by atoms with Gasteiger partial charge in [0, 0.05) is 18.1 Å². The molecular weight excluding hydrogens is 1180 g/mol. The first kappa shape index (κ1) is 79.1. The third-order valence-electron chi connectivity index (χ3n) is 28.4. The van der Waals surface area contributed by atoms with Crippen molar-refractivity contribution in [2.45, 2.75) is 382 Å². The van der Waals surface area contributed by atoms with Crippen LogP contribution in [-0.2, 0) is 38.1 Å². The summed E-state index contributed by atoms with van der Waals surface area (Å²) in [6.07, 6.45) is 64.9. The van der Waals surface area contributed by atoms with Crippen LogP contribution in [0.3, 0.4) is 0 Å². The van der Waals surface area contributed by atoms with Crippen LogP contribution in [0.25, 0.3) is 0 Å². The molecule has 8 heteroatoms. The fourth-order valence-corrected chi connectivity index (χ4v) is 23.5. The van der Waals surface area contributed by atoms with Crippen molar-refractivity contribution < 1.29 is 38.1 Å². The van der Waals surface area contributed by atoms with Crippen LogP contribution in [0, 0.1) is 106 Å². The summed E-state index contributed by atoms with van der Waals surface area (Å²) in [6.45, 7) is 25.1. The molecule has 8 rings (SSSR count). The van der Waals surface area contributed by atoms with Gasteiger partial charge in [0.2, 0.25) is 0 Å². The van der Waals surface area contributed by atoms with Crippen LogP contribution >= 0.6 is 0 Å². The number of carbonyl (C=O) groups excluding carboxylic acids is 4. The molecule has 96 heavy (non-hydrogen) atoms. The summed E-state index contributed by atoms with van der Waals surface area (Å²) in [5, 5.41) is 0. The molecule has 8 fully saturated rings. The largest absolute Gasteiger partial charge is 0.465 e. The summed E-state index contributed by atoms with van der Waals surface area (Å²) < 4.78 is 24.5. The summed E-state index contributed by atoms with van der Waals surface area (Å²) in [4.78, 5) is 52.7. The number of unbranched alkanes of at least 4 members (excludes halogenated alkanes) is 12. The van der Waals surface area contributed by atoms with Gasteiger partial charge in [-0.3, -0.25) is 9.59 Å². The van der Waals surface area contributed by atoms with Crippen LogP contribution in [0.5, 0.6) is 0 Å². The first-order valence-corrected chi connectivity index (χ1v) is 42.5. The van der Waals surface area contributed by atoms with Crippen molar-refractivity contribution in [2.24, 2.45) is 106 Å². The van der Waals surface area contributed by atoms with Crippen molar-refractivity contribution in [1.29, 1.82) is 0 Å². The Morgan fingerprint density at radius 3 is 1.59 bits per heavy atom. The Morgan fingerprint density at radius 2 is 0.990 bits per heavy atom. The molecule has 0 aromatic heterocycles. The van der Waals surface area contributed by atoms with E-state index in [1.54, 1.807) is 6.92 Å². The van der Waals surface area contributed by atoms with Gasteiger partial charge in [-0.15, -0.1) is 0 Å². The summed E-state index contributed by atoms with van der Waals surface area (Å²) in [5.41, 5.74) is 0.169. The maximum atomic E-state index is 14.6. The molecule has 0 amide bonds. The van der Waals surface area contributed by atoms with Gasteiger partial charge in [-0.05, 0) is 255 Å². The Labute approximate surface area is 590 Å². The molecule has 7 aliphatic carbocycles. The van der Waals surface area contributed by atoms with E-state index in [9.17, 15) is 19.2 Å². The van der Waals surface area contributed by atoms with Gasteiger partial charge in [-0.25, -0.2) is 9.59 Å². The minimum atomic E-state index is -0.390. The molecule has 0 spiro atoms. The highest BCUT2D eigenvalue weighted by atomic mass is 16.6. The van der Waals surface area contributed by atoms with E-state index < -0.39 is 5.60 Å². The van der Waals surface area contributed by atoms with Gasteiger partial charge in [-0.1, -0.05) is 228 Å². The fraction of sp³-hybridized carbons (Fsp3) is 0.909. The molecule has 0 aromatic carbocycles. The number of esters is 4. The summed E-state index contributed by atoms with van der Waals surface area (Å²) in [6, 6.07) is 0. The van der Waals surface area contributed by atoms with Crippen LogP contribution in [0.2, 0.25) is 0 Å². The van der Waals surface area contributed by atoms with Gasteiger partial charge < -0.3 is 18.9 Å². The van der Waals surface area contributed by atoms with Crippen LogP contribution in [0.4, 0.5) is 0 Å². The predicted molar refractivity (Wildman–Crippen MR) is 397 cm³/mol. The Hall–Kier alpha value is -2.64. The van der Waals surface area contributed by atoms with Crippen molar-refractivity contribution in [2.75, 3.05) is 19.8 Å². The van der Waals surface area contributed by atoms with E-state index in [1.807, 2.05) is 0 Å². The van der Waals surface area contributed by atoms with Crippen molar-refractivity contribution >= 4 is 23.9 Å². The first-order chi connectivity index (χ1) is 46.5. The maximum absolute atomic E-state index is 14.6. The van der Waals surface area contributed by atoms with Crippen molar-refractivity contribution in [3.63, 3.8) is 0 Å². The molecule has 8 nitrogen and oxygen atoms in total. The van der Waals surface area contributed by atoms with E-state index in [4.69, 9.17) is 18.9 Å². The fourth-order valence-electron chi connectivity index (χ4n) is 23.5. The van der Waals surface area contributed by atoms with Crippen LogP contribution < -0.4 is 0 Å². The minimum Gasteiger partial charge on any atom is -0.465 e. The molecule has 0 N–H and O–H groups in total. The molecule has 4 bridgehead atoms. The highest BCUT2D eigenvalue weighted by Crippen LogP contribution is 2.65. The third kappa shape index (κ3) is 23.4. The van der Waals surface area contributed by atoms with Crippen LogP contribution in [-0.4, -0.2) is 49.3 Å². The van der Waals surface area contributed by atoms with Crippen molar-refractivity contribution in [3.05, 3.63) is 24.8 Å². The van der Waals surface area contributed by atoms with E-state index in [2.05, 4.69) is 54.7 Å². The molecule has 0 radical (unpaired) electrons. The standard InChI is InChI=1S/C88H150O8/c1-10-15-18-19-24-31-40-69-45-44-68(39-32-25-22-23-28-37-52-88(50-16-11-2,51-17-12-3)85(92)95-64-73-58-71-60-79(73)81-56-67(54-77(71)81)63-94-84(91)65(6)7)74-41-33-26-20-21-27-34-43-83(90)96-87(9,49-36-30-29-35-47-86(8,46-13-4)48-38-42-75(69)74)61-72-57-70-59-78(72)80-55-66(53-76(70)80)62-93-82(89)14-5/h14,66-81H,5-6,10-13,15-64H2,1-4,7-9H3/t66?,67?,68?,69?,70?,71?,72?,73?,74?,75?,76-,77?,78?,79?,80?,81?,86?,87?/m1/s1. The average molecular weight is 1340 g/mol.